The lowest BCUT2D eigenvalue weighted by molar-refractivity contribution is 0.496. The van der Waals surface area contributed by atoms with E-state index in [-0.39, 0.29) is 11.5 Å². The number of hydrogen-bond acceptors (Lipinski definition) is 4. The number of nitrogens with zero attached hydrogens (tertiary/aromatic N) is 2. The molecule has 0 atom stereocenters. The van der Waals surface area contributed by atoms with Gasteiger partial charge >= 0.3 is 0 Å². The molecule has 1 heterocycles. The van der Waals surface area contributed by atoms with Gasteiger partial charge in [-0.3, -0.25) is 4.98 Å². The van der Waals surface area contributed by atoms with Crippen LogP contribution in [0.3, 0.4) is 0 Å². The molecule has 0 unspecified atom stereocenters. The van der Waals surface area contributed by atoms with E-state index in [2.05, 4.69) is 20.6 Å². The van der Waals surface area contributed by atoms with Gasteiger partial charge < -0.3 is 10.6 Å². The van der Waals surface area contributed by atoms with E-state index < -0.39 is 17.5 Å². The van der Waals surface area contributed by atoms with Crippen molar-refractivity contribution in [3.05, 3.63) is 42.0 Å². The zero-order valence-electron chi connectivity index (χ0n) is 9.34. The summed E-state index contributed by atoms with van der Waals surface area (Å²) in [5.41, 5.74) is -0.212. The lowest BCUT2D eigenvalue weighted by atomic mass is 10.3. The molecule has 0 saturated carbocycles. The summed E-state index contributed by atoms with van der Waals surface area (Å²) in [5.74, 6) is -2.62. The standard InChI is InChI=1S/C11H9F3N4/c1-15-10-4-16-5-11(18-10)17-9-3-7(13)6(12)2-8(9)14/h2-5H,1H3,(H2,15,17,18). The average molecular weight is 254 g/mol. The first-order chi connectivity index (χ1) is 8.60. The van der Waals surface area contributed by atoms with Crippen LogP contribution in [-0.4, -0.2) is 17.0 Å². The van der Waals surface area contributed by atoms with Crippen LogP contribution in [0.25, 0.3) is 0 Å². The van der Waals surface area contributed by atoms with Crippen LogP contribution in [0.1, 0.15) is 0 Å². The second-order valence-corrected chi connectivity index (χ2v) is 3.41. The average Bonchev–Trinajstić information content (AvgIpc) is 2.36. The second kappa shape index (κ2) is 4.91. The molecule has 0 aliphatic carbocycles. The van der Waals surface area contributed by atoms with Crippen LogP contribution < -0.4 is 10.6 Å². The minimum absolute atomic E-state index is 0.212. The third-order valence-electron chi connectivity index (χ3n) is 2.16. The van der Waals surface area contributed by atoms with Gasteiger partial charge in [0, 0.05) is 19.2 Å². The van der Waals surface area contributed by atoms with E-state index >= 15 is 0 Å². The van der Waals surface area contributed by atoms with Gasteiger partial charge in [0.15, 0.2) is 17.5 Å². The molecule has 1 aromatic carbocycles. The SMILES string of the molecule is CNc1cncc(Nc2cc(F)c(F)cc2F)n1. The van der Waals surface area contributed by atoms with Crippen molar-refractivity contribution in [3.63, 3.8) is 0 Å². The van der Waals surface area contributed by atoms with E-state index in [9.17, 15) is 13.2 Å². The molecule has 7 heteroatoms. The number of hydrogen-bond donors (Lipinski definition) is 2. The molecule has 94 valence electrons. The third-order valence-corrected chi connectivity index (χ3v) is 2.16. The first-order valence-electron chi connectivity index (χ1n) is 5.01. The van der Waals surface area contributed by atoms with E-state index in [4.69, 9.17) is 0 Å². The Morgan fingerprint density at radius 2 is 1.61 bits per heavy atom. The minimum atomic E-state index is -1.24. The molecule has 0 amide bonds. The fourth-order valence-corrected chi connectivity index (χ4v) is 1.30. The normalized spacial score (nSPS) is 10.2. The molecule has 0 radical (unpaired) electrons. The van der Waals surface area contributed by atoms with Gasteiger partial charge in [-0.15, -0.1) is 0 Å². The molecule has 0 bridgehead atoms. The number of halogens is 3. The van der Waals surface area contributed by atoms with E-state index in [1.54, 1.807) is 7.05 Å². The van der Waals surface area contributed by atoms with E-state index in [0.717, 1.165) is 6.07 Å². The molecule has 2 aromatic rings. The van der Waals surface area contributed by atoms with E-state index in [1.807, 2.05) is 0 Å². The van der Waals surface area contributed by atoms with Gasteiger partial charge in [0.1, 0.15) is 11.6 Å². The van der Waals surface area contributed by atoms with Crippen molar-refractivity contribution in [1.82, 2.24) is 9.97 Å². The van der Waals surface area contributed by atoms with Crippen LogP contribution in [0.15, 0.2) is 24.5 Å². The van der Waals surface area contributed by atoms with Crippen molar-refractivity contribution in [1.29, 1.82) is 0 Å². The topological polar surface area (TPSA) is 49.8 Å². The quantitative estimate of drug-likeness (QED) is 0.827. The highest BCUT2D eigenvalue weighted by atomic mass is 19.2. The maximum Gasteiger partial charge on any atom is 0.161 e. The van der Waals surface area contributed by atoms with Crippen molar-refractivity contribution in [2.75, 3.05) is 17.7 Å². The summed E-state index contributed by atoms with van der Waals surface area (Å²) >= 11 is 0. The molecule has 1 aromatic heterocycles. The molecule has 0 aliphatic heterocycles. The second-order valence-electron chi connectivity index (χ2n) is 3.41. The van der Waals surface area contributed by atoms with Crippen LogP contribution in [0.5, 0.6) is 0 Å². The van der Waals surface area contributed by atoms with Gasteiger partial charge in [-0.1, -0.05) is 0 Å². The zero-order chi connectivity index (χ0) is 13.1. The summed E-state index contributed by atoms with van der Waals surface area (Å²) in [5, 5.41) is 5.27. The van der Waals surface area contributed by atoms with Gasteiger partial charge in [-0.05, 0) is 0 Å². The zero-order valence-corrected chi connectivity index (χ0v) is 9.34. The summed E-state index contributed by atoms with van der Waals surface area (Å²) in [4.78, 5) is 7.86. The molecule has 2 N–H and O–H groups in total. The van der Waals surface area contributed by atoms with Crippen LogP contribution >= 0.6 is 0 Å². The van der Waals surface area contributed by atoms with E-state index in [0.29, 0.717) is 11.9 Å². The van der Waals surface area contributed by atoms with Crippen LogP contribution in [0, 0.1) is 17.5 Å². The van der Waals surface area contributed by atoms with Gasteiger partial charge in [-0.25, -0.2) is 18.2 Å². The first kappa shape index (κ1) is 12.2. The Hall–Kier alpha value is -2.31. The Morgan fingerprint density at radius 1 is 0.944 bits per heavy atom. The first-order valence-corrected chi connectivity index (χ1v) is 5.01. The van der Waals surface area contributed by atoms with Crippen molar-refractivity contribution in [2.45, 2.75) is 0 Å². The highest BCUT2D eigenvalue weighted by molar-refractivity contribution is 5.57. The number of aromatic nitrogens is 2. The molecule has 0 aliphatic rings. The Kier molecular flexibility index (Phi) is 3.31. The number of anilines is 3. The Morgan fingerprint density at radius 3 is 2.33 bits per heavy atom. The highest BCUT2D eigenvalue weighted by Gasteiger charge is 2.10. The summed E-state index contributed by atoms with van der Waals surface area (Å²) in [6, 6.07) is 1.19. The summed E-state index contributed by atoms with van der Waals surface area (Å²) in [6.45, 7) is 0. The lowest BCUT2D eigenvalue weighted by Gasteiger charge is -2.08. The lowest BCUT2D eigenvalue weighted by Crippen LogP contribution is -2.01. The van der Waals surface area contributed by atoms with Crippen molar-refractivity contribution in [2.24, 2.45) is 0 Å². The fourth-order valence-electron chi connectivity index (χ4n) is 1.30. The summed E-state index contributed by atoms with van der Waals surface area (Å²) < 4.78 is 39.1. The van der Waals surface area contributed by atoms with E-state index in [1.165, 1.54) is 12.4 Å². The van der Waals surface area contributed by atoms with Crippen molar-refractivity contribution in [3.8, 4) is 0 Å². The molecule has 0 saturated heterocycles. The van der Waals surface area contributed by atoms with Crippen molar-refractivity contribution < 1.29 is 13.2 Å². The third kappa shape index (κ3) is 2.50. The van der Waals surface area contributed by atoms with Gasteiger partial charge in [0.25, 0.3) is 0 Å². The Balaban J connectivity index is 2.30. The molecule has 2 rings (SSSR count). The van der Waals surface area contributed by atoms with Gasteiger partial charge in [0.05, 0.1) is 18.1 Å². The molecule has 0 fully saturated rings. The molecule has 18 heavy (non-hydrogen) atoms. The van der Waals surface area contributed by atoms with Gasteiger partial charge in [0.2, 0.25) is 0 Å². The predicted molar refractivity (Wildman–Crippen MR) is 61.2 cm³/mol. The number of benzene rings is 1. The molecule has 0 spiro atoms. The maximum absolute atomic E-state index is 13.4. The molecular formula is C11H9F3N4. The minimum Gasteiger partial charge on any atom is -0.372 e. The van der Waals surface area contributed by atoms with Crippen molar-refractivity contribution >= 4 is 17.3 Å². The molecule has 4 nitrogen and oxygen atoms in total. The smallest absolute Gasteiger partial charge is 0.161 e. The monoisotopic (exact) mass is 254 g/mol. The highest BCUT2D eigenvalue weighted by Crippen LogP contribution is 2.21. The number of rotatable bonds is 3. The number of nitrogens with one attached hydrogen (secondary N) is 2. The fraction of sp³-hybridized carbons (Fsp3) is 0.0909. The predicted octanol–water partition coefficient (Wildman–Crippen LogP) is 2.68. The molecular weight excluding hydrogens is 245 g/mol. The maximum atomic E-state index is 13.4. The Labute approximate surface area is 101 Å². The van der Waals surface area contributed by atoms with Crippen LogP contribution in [0.4, 0.5) is 30.5 Å². The van der Waals surface area contributed by atoms with Gasteiger partial charge in [-0.2, -0.15) is 0 Å². The summed E-state index contributed by atoms with van der Waals surface area (Å²) in [7, 11) is 1.64. The summed E-state index contributed by atoms with van der Waals surface area (Å²) in [6.07, 6.45) is 2.80. The van der Waals surface area contributed by atoms with Crippen LogP contribution in [-0.2, 0) is 0 Å². The largest absolute Gasteiger partial charge is 0.372 e. The Bertz CT molecular complexity index is 574. The van der Waals surface area contributed by atoms with Crippen LogP contribution in [0.2, 0.25) is 0 Å².